The van der Waals surface area contributed by atoms with Crippen LogP contribution in [0.15, 0.2) is 41.7 Å². The lowest BCUT2D eigenvalue weighted by Gasteiger charge is -2.26. The maximum Gasteiger partial charge on any atom is 0.194 e. The van der Waals surface area contributed by atoms with Crippen molar-refractivity contribution in [3.05, 3.63) is 53.3 Å². The third kappa shape index (κ3) is 6.18. The van der Waals surface area contributed by atoms with E-state index in [-0.39, 0.29) is 30.0 Å². The Balaban J connectivity index is 0.00000300. The van der Waals surface area contributed by atoms with Crippen molar-refractivity contribution in [3.63, 3.8) is 0 Å². The van der Waals surface area contributed by atoms with Crippen molar-refractivity contribution < 1.29 is 0 Å². The number of aromatic nitrogens is 2. The molecule has 1 fully saturated rings. The molecule has 1 N–H and O–H groups in total. The van der Waals surface area contributed by atoms with Gasteiger partial charge in [-0.1, -0.05) is 29.8 Å². The normalized spacial score (nSPS) is 18.1. The smallest absolute Gasteiger partial charge is 0.194 e. The van der Waals surface area contributed by atoms with E-state index >= 15 is 0 Å². The molecule has 2 atom stereocenters. The molecule has 2 unspecified atom stereocenters. The zero-order valence-corrected chi connectivity index (χ0v) is 20.6. The van der Waals surface area contributed by atoms with Gasteiger partial charge in [-0.3, -0.25) is 9.67 Å². The van der Waals surface area contributed by atoms with Gasteiger partial charge in [0.15, 0.2) is 5.96 Å². The van der Waals surface area contributed by atoms with Gasteiger partial charge in [0.05, 0.1) is 18.8 Å². The van der Waals surface area contributed by atoms with Crippen LogP contribution in [-0.4, -0.2) is 65.8 Å². The molecule has 3 rings (SSSR count). The predicted octanol–water partition coefficient (Wildman–Crippen LogP) is 3.40. The third-order valence-electron chi connectivity index (χ3n) is 5.52. The monoisotopic (exact) mass is 510 g/mol. The van der Waals surface area contributed by atoms with Crippen molar-refractivity contribution in [2.75, 3.05) is 40.3 Å². The molecule has 7 heteroatoms. The van der Waals surface area contributed by atoms with Gasteiger partial charge in [0, 0.05) is 38.8 Å². The van der Waals surface area contributed by atoms with Gasteiger partial charge in [0.25, 0.3) is 0 Å². The lowest BCUT2D eigenvalue weighted by molar-refractivity contribution is 0.305. The second-order valence-electron chi connectivity index (χ2n) is 7.96. The van der Waals surface area contributed by atoms with Crippen LogP contribution in [0.5, 0.6) is 0 Å². The Kier molecular flexibility index (Phi) is 8.95. The summed E-state index contributed by atoms with van der Waals surface area (Å²) in [5, 5.41) is 7.83. The summed E-state index contributed by atoms with van der Waals surface area (Å²) in [6.07, 6.45) is 5.28. The molecule has 1 aromatic heterocycles. The summed E-state index contributed by atoms with van der Waals surface area (Å²) in [6.45, 7) is 7.91. The summed E-state index contributed by atoms with van der Waals surface area (Å²) in [7, 11) is 6.23. The molecule has 6 nitrogen and oxygen atoms in total. The number of hydrogen-bond acceptors (Lipinski definition) is 3. The van der Waals surface area contributed by atoms with Crippen molar-refractivity contribution in [2.45, 2.75) is 32.2 Å². The van der Waals surface area contributed by atoms with E-state index in [1.807, 2.05) is 17.9 Å². The van der Waals surface area contributed by atoms with Crippen molar-refractivity contribution >= 4 is 29.9 Å². The molecule has 0 amide bonds. The van der Waals surface area contributed by atoms with E-state index in [0.29, 0.717) is 5.92 Å². The molecule has 2 heterocycles. The van der Waals surface area contributed by atoms with Gasteiger partial charge >= 0.3 is 0 Å². The Hall–Kier alpha value is -1.61. The highest BCUT2D eigenvalue weighted by molar-refractivity contribution is 14.0. The van der Waals surface area contributed by atoms with Gasteiger partial charge in [-0.25, -0.2) is 0 Å². The van der Waals surface area contributed by atoms with Crippen molar-refractivity contribution in [3.8, 4) is 0 Å². The molecule has 2 aromatic rings. The van der Waals surface area contributed by atoms with Crippen molar-refractivity contribution in [2.24, 2.45) is 12.0 Å². The number of halogens is 1. The lowest BCUT2D eigenvalue weighted by atomic mass is 10.0. The Morgan fingerprint density at radius 3 is 2.62 bits per heavy atom. The van der Waals surface area contributed by atoms with Gasteiger partial charge in [0.1, 0.15) is 0 Å². The Bertz CT molecular complexity index is 783. The summed E-state index contributed by atoms with van der Waals surface area (Å²) in [6, 6.07) is 9.07. The summed E-state index contributed by atoms with van der Waals surface area (Å²) in [5.41, 5.74) is 3.92. The fourth-order valence-electron chi connectivity index (χ4n) is 3.83. The number of hydrogen-bond donors (Lipinski definition) is 1. The molecular formula is C22H35IN6. The van der Waals surface area contributed by atoms with Crippen LogP contribution in [0.1, 0.15) is 42.0 Å². The van der Waals surface area contributed by atoms with E-state index in [4.69, 9.17) is 4.99 Å². The largest absolute Gasteiger partial charge is 0.357 e. The van der Waals surface area contributed by atoms with E-state index < -0.39 is 0 Å². The molecule has 0 radical (unpaired) electrons. The molecule has 1 aliphatic heterocycles. The van der Waals surface area contributed by atoms with Gasteiger partial charge in [0.2, 0.25) is 0 Å². The number of nitrogens with zero attached hydrogens (tertiary/aromatic N) is 5. The topological polar surface area (TPSA) is 48.7 Å². The van der Waals surface area contributed by atoms with Crippen LogP contribution in [-0.2, 0) is 7.05 Å². The molecule has 0 saturated carbocycles. The first kappa shape index (κ1) is 23.7. The van der Waals surface area contributed by atoms with Crippen LogP contribution in [0, 0.1) is 6.92 Å². The van der Waals surface area contributed by atoms with E-state index in [1.54, 1.807) is 0 Å². The minimum Gasteiger partial charge on any atom is -0.357 e. The zero-order chi connectivity index (χ0) is 20.1. The molecule has 160 valence electrons. The lowest BCUT2D eigenvalue weighted by Crippen LogP contribution is -2.40. The van der Waals surface area contributed by atoms with Crippen LogP contribution in [0.25, 0.3) is 0 Å². The van der Waals surface area contributed by atoms with Gasteiger partial charge in [-0.2, -0.15) is 5.10 Å². The summed E-state index contributed by atoms with van der Waals surface area (Å²) < 4.78 is 1.89. The third-order valence-corrected chi connectivity index (χ3v) is 5.52. The molecule has 1 saturated heterocycles. The molecule has 29 heavy (non-hydrogen) atoms. The molecule has 1 aliphatic rings. The molecule has 0 spiro atoms. The number of nitrogens with one attached hydrogen (secondary N) is 1. The highest BCUT2D eigenvalue weighted by Crippen LogP contribution is 2.27. The van der Waals surface area contributed by atoms with Crippen LogP contribution in [0.4, 0.5) is 0 Å². The van der Waals surface area contributed by atoms with Crippen LogP contribution in [0.2, 0.25) is 0 Å². The van der Waals surface area contributed by atoms with Gasteiger partial charge in [-0.05, 0) is 45.5 Å². The first-order valence-electron chi connectivity index (χ1n) is 10.2. The second-order valence-corrected chi connectivity index (χ2v) is 7.96. The van der Waals surface area contributed by atoms with Crippen molar-refractivity contribution in [1.29, 1.82) is 0 Å². The summed E-state index contributed by atoms with van der Waals surface area (Å²) in [4.78, 5) is 9.66. The van der Waals surface area contributed by atoms with Crippen molar-refractivity contribution in [1.82, 2.24) is 24.9 Å². The Morgan fingerprint density at radius 2 is 2.03 bits per heavy atom. The number of guanidine groups is 1. The molecule has 0 bridgehead atoms. The number of benzene rings is 1. The number of aliphatic imine (C=N–C) groups is 1. The highest BCUT2D eigenvalue weighted by atomic mass is 127. The van der Waals surface area contributed by atoms with Crippen LogP contribution >= 0.6 is 24.0 Å². The van der Waals surface area contributed by atoms with Crippen LogP contribution < -0.4 is 5.32 Å². The average molecular weight is 510 g/mol. The number of likely N-dealkylation sites (N-methyl/N-ethyl adjacent to an activating group) is 1. The highest BCUT2D eigenvalue weighted by Gasteiger charge is 2.27. The SMILES string of the molecule is CCNC(=NCC(c1ccc(C)cc1)N(C)C)N1CCC(c2cnn(C)c2)C1.I. The maximum absolute atomic E-state index is 5.02. The van der Waals surface area contributed by atoms with E-state index in [9.17, 15) is 0 Å². The van der Waals surface area contributed by atoms with Gasteiger partial charge < -0.3 is 15.1 Å². The molecular weight excluding hydrogens is 475 g/mol. The molecule has 1 aromatic carbocycles. The second kappa shape index (κ2) is 11.0. The van der Waals surface area contributed by atoms with E-state index in [0.717, 1.165) is 38.6 Å². The zero-order valence-electron chi connectivity index (χ0n) is 18.3. The maximum atomic E-state index is 5.02. The quantitative estimate of drug-likeness (QED) is 0.368. The standard InChI is InChI=1S/C22H34N6.HI/c1-6-23-22(28-12-11-19(16-28)20-13-25-27(5)15-20)24-14-21(26(3)4)18-9-7-17(2)8-10-18;/h7-10,13,15,19,21H,6,11-12,14,16H2,1-5H3,(H,23,24);1H. The summed E-state index contributed by atoms with van der Waals surface area (Å²) >= 11 is 0. The van der Waals surface area contributed by atoms with E-state index in [2.05, 4.69) is 78.6 Å². The summed E-state index contributed by atoms with van der Waals surface area (Å²) in [5.74, 6) is 1.55. The fourth-order valence-corrected chi connectivity index (χ4v) is 3.83. The minimum atomic E-state index is 0. The number of likely N-dealkylation sites (tertiary alicyclic amines) is 1. The first-order chi connectivity index (χ1) is 13.5. The predicted molar refractivity (Wildman–Crippen MR) is 131 cm³/mol. The van der Waals surface area contributed by atoms with Gasteiger partial charge in [-0.15, -0.1) is 24.0 Å². The molecule has 0 aliphatic carbocycles. The Labute approximate surface area is 192 Å². The Morgan fingerprint density at radius 1 is 1.31 bits per heavy atom. The fraction of sp³-hybridized carbons (Fsp3) is 0.545. The average Bonchev–Trinajstić information content (AvgIpc) is 3.31. The number of aryl methyl sites for hydroxylation is 2. The minimum absolute atomic E-state index is 0. The van der Waals surface area contributed by atoms with Crippen LogP contribution in [0.3, 0.4) is 0 Å². The number of rotatable bonds is 6. The van der Waals surface area contributed by atoms with E-state index in [1.165, 1.54) is 16.7 Å². The first-order valence-corrected chi connectivity index (χ1v) is 10.2.